The standard InChI is InChI=1S/C16H24N2O5S/c1-3-12(2)18-16(19)7-8-17-24(20,21)13-5-6-14-15(11-13)23-10-4-9-22-14/h5-6,11-12,17H,3-4,7-10H2,1-2H3,(H,18,19). The van der Waals surface area contributed by atoms with Crippen LogP contribution in [0.5, 0.6) is 11.5 Å². The lowest BCUT2D eigenvalue weighted by Crippen LogP contribution is -2.35. The molecule has 1 unspecified atom stereocenters. The van der Waals surface area contributed by atoms with Crippen LogP contribution in [0.2, 0.25) is 0 Å². The van der Waals surface area contributed by atoms with Crippen LogP contribution >= 0.6 is 0 Å². The summed E-state index contributed by atoms with van der Waals surface area (Å²) < 4.78 is 38.1. The highest BCUT2D eigenvalue weighted by Gasteiger charge is 2.19. The van der Waals surface area contributed by atoms with E-state index < -0.39 is 10.0 Å². The van der Waals surface area contributed by atoms with Crippen molar-refractivity contribution in [2.45, 2.75) is 44.0 Å². The molecule has 0 aliphatic carbocycles. The van der Waals surface area contributed by atoms with Crippen molar-refractivity contribution < 1.29 is 22.7 Å². The molecule has 1 heterocycles. The topological polar surface area (TPSA) is 93.7 Å². The minimum absolute atomic E-state index is 0.0407. The van der Waals surface area contributed by atoms with E-state index in [9.17, 15) is 13.2 Å². The van der Waals surface area contributed by atoms with Gasteiger partial charge < -0.3 is 14.8 Å². The van der Waals surface area contributed by atoms with Gasteiger partial charge in [-0.3, -0.25) is 4.79 Å². The molecule has 0 saturated carbocycles. The molecule has 1 aromatic rings. The predicted molar refractivity (Wildman–Crippen MR) is 89.8 cm³/mol. The van der Waals surface area contributed by atoms with Gasteiger partial charge in [-0.25, -0.2) is 13.1 Å². The Kier molecular flexibility index (Phi) is 6.44. The van der Waals surface area contributed by atoms with E-state index in [-0.39, 0.29) is 29.8 Å². The molecule has 8 heteroatoms. The summed E-state index contributed by atoms with van der Waals surface area (Å²) in [5.74, 6) is 0.787. The molecule has 0 spiro atoms. The molecular weight excluding hydrogens is 332 g/mol. The molecule has 1 atom stereocenters. The molecule has 0 fully saturated rings. The van der Waals surface area contributed by atoms with E-state index >= 15 is 0 Å². The number of amides is 1. The van der Waals surface area contributed by atoms with Crippen LogP contribution in [0.15, 0.2) is 23.1 Å². The summed E-state index contributed by atoms with van der Waals surface area (Å²) >= 11 is 0. The maximum atomic E-state index is 12.3. The first-order valence-corrected chi connectivity index (χ1v) is 9.59. The predicted octanol–water partition coefficient (Wildman–Crippen LogP) is 1.43. The highest BCUT2D eigenvalue weighted by atomic mass is 32.2. The molecule has 0 radical (unpaired) electrons. The Bertz CT molecular complexity index is 675. The lowest BCUT2D eigenvalue weighted by molar-refractivity contribution is -0.121. The molecule has 2 rings (SSSR count). The first-order valence-electron chi connectivity index (χ1n) is 8.11. The van der Waals surface area contributed by atoms with Gasteiger partial charge in [-0.15, -0.1) is 0 Å². The van der Waals surface area contributed by atoms with E-state index in [0.29, 0.717) is 24.7 Å². The van der Waals surface area contributed by atoms with Crippen molar-refractivity contribution in [3.63, 3.8) is 0 Å². The molecule has 1 amide bonds. The molecule has 2 N–H and O–H groups in total. The van der Waals surface area contributed by atoms with E-state index in [1.54, 1.807) is 6.07 Å². The number of carbonyl (C=O) groups excluding carboxylic acids is 1. The van der Waals surface area contributed by atoms with Gasteiger partial charge >= 0.3 is 0 Å². The second-order valence-corrected chi connectivity index (χ2v) is 7.45. The third kappa shape index (κ3) is 5.10. The number of benzene rings is 1. The number of hydrogen-bond donors (Lipinski definition) is 2. The van der Waals surface area contributed by atoms with Crippen molar-refractivity contribution >= 4 is 15.9 Å². The van der Waals surface area contributed by atoms with Crippen LogP contribution in [-0.2, 0) is 14.8 Å². The van der Waals surface area contributed by atoms with E-state index in [4.69, 9.17) is 9.47 Å². The number of ether oxygens (including phenoxy) is 2. The molecule has 0 bridgehead atoms. The van der Waals surface area contributed by atoms with E-state index in [0.717, 1.165) is 12.8 Å². The zero-order valence-corrected chi connectivity index (χ0v) is 14.8. The highest BCUT2D eigenvalue weighted by Crippen LogP contribution is 2.31. The average Bonchev–Trinajstić information content (AvgIpc) is 2.79. The maximum absolute atomic E-state index is 12.3. The molecule has 1 aliphatic heterocycles. The Hall–Kier alpha value is -1.80. The zero-order valence-electron chi connectivity index (χ0n) is 14.0. The Morgan fingerprint density at radius 3 is 2.67 bits per heavy atom. The van der Waals surface area contributed by atoms with Gasteiger partial charge in [-0.05, 0) is 25.5 Å². The average molecular weight is 356 g/mol. The molecule has 1 aliphatic rings. The van der Waals surface area contributed by atoms with Crippen molar-refractivity contribution in [1.29, 1.82) is 0 Å². The van der Waals surface area contributed by atoms with Crippen molar-refractivity contribution in [1.82, 2.24) is 10.0 Å². The fourth-order valence-corrected chi connectivity index (χ4v) is 3.19. The van der Waals surface area contributed by atoms with Crippen molar-refractivity contribution in [2.75, 3.05) is 19.8 Å². The van der Waals surface area contributed by atoms with Crippen LogP contribution in [0, 0.1) is 0 Å². The SMILES string of the molecule is CCC(C)NC(=O)CCNS(=O)(=O)c1ccc2c(c1)OCCCO2. The van der Waals surface area contributed by atoms with Crippen molar-refractivity contribution in [3.8, 4) is 11.5 Å². The van der Waals surface area contributed by atoms with Gasteiger partial charge in [-0.2, -0.15) is 0 Å². The number of hydrogen-bond acceptors (Lipinski definition) is 5. The smallest absolute Gasteiger partial charge is 0.240 e. The molecule has 24 heavy (non-hydrogen) atoms. The van der Waals surface area contributed by atoms with Crippen molar-refractivity contribution in [3.05, 3.63) is 18.2 Å². The van der Waals surface area contributed by atoms with Gasteiger partial charge in [0.25, 0.3) is 0 Å². The van der Waals surface area contributed by atoms with Crippen LogP contribution in [-0.4, -0.2) is 40.1 Å². The summed E-state index contributed by atoms with van der Waals surface area (Å²) in [5.41, 5.74) is 0. The molecular formula is C16H24N2O5S. The maximum Gasteiger partial charge on any atom is 0.240 e. The minimum atomic E-state index is -3.70. The van der Waals surface area contributed by atoms with Crippen LogP contribution in [0.1, 0.15) is 33.1 Å². The molecule has 1 aromatic carbocycles. The Labute approximate surface area is 142 Å². The highest BCUT2D eigenvalue weighted by molar-refractivity contribution is 7.89. The second-order valence-electron chi connectivity index (χ2n) is 5.68. The third-order valence-corrected chi connectivity index (χ3v) is 5.15. The summed E-state index contributed by atoms with van der Waals surface area (Å²) in [7, 11) is -3.70. The van der Waals surface area contributed by atoms with Crippen LogP contribution in [0.4, 0.5) is 0 Å². The Morgan fingerprint density at radius 1 is 1.25 bits per heavy atom. The number of rotatable bonds is 7. The molecule has 0 aromatic heterocycles. The van der Waals surface area contributed by atoms with Gasteiger partial charge in [0.15, 0.2) is 11.5 Å². The molecule has 134 valence electrons. The lowest BCUT2D eigenvalue weighted by Gasteiger charge is -2.12. The first kappa shape index (κ1) is 18.5. The number of fused-ring (bicyclic) bond motifs is 1. The van der Waals surface area contributed by atoms with Gasteiger partial charge in [0.05, 0.1) is 18.1 Å². The van der Waals surface area contributed by atoms with Gasteiger partial charge in [-0.1, -0.05) is 6.92 Å². The molecule has 0 saturated heterocycles. The molecule has 7 nitrogen and oxygen atoms in total. The number of sulfonamides is 1. The summed E-state index contributed by atoms with van der Waals surface area (Å²) in [5, 5.41) is 2.79. The van der Waals surface area contributed by atoms with Crippen LogP contribution < -0.4 is 19.5 Å². The first-order chi connectivity index (χ1) is 11.4. The van der Waals surface area contributed by atoms with Crippen LogP contribution in [0.25, 0.3) is 0 Å². The van der Waals surface area contributed by atoms with Crippen LogP contribution in [0.3, 0.4) is 0 Å². The normalized spacial score (nSPS) is 15.4. The van der Waals surface area contributed by atoms with Crippen molar-refractivity contribution in [2.24, 2.45) is 0 Å². The number of carbonyl (C=O) groups is 1. The fraction of sp³-hybridized carbons (Fsp3) is 0.562. The largest absolute Gasteiger partial charge is 0.490 e. The van der Waals surface area contributed by atoms with E-state index in [2.05, 4.69) is 10.0 Å². The quantitative estimate of drug-likeness (QED) is 0.771. The summed E-state index contributed by atoms with van der Waals surface area (Å²) in [6.45, 7) is 4.94. The number of nitrogens with one attached hydrogen (secondary N) is 2. The summed E-state index contributed by atoms with van der Waals surface area (Å²) in [6, 6.07) is 4.58. The van der Waals surface area contributed by atoms with Gasteiger partial charge in [0.2, 0.25) is 15.9 Å². The Balaban J connectivity index is 1.95. The fourth-order valence-electron chi connectivity index (χ4n) is 2.14. The monoisotopic (exact) mass is 356 g/mol. The van der Waals surface area contributed by atoms with E-state index in [1.165, 1.54) is 12.1 Å². The second kappa shape index (κ2) is 8.34. The summed E-state index contributed by atoms with van der Waals surface area (Å²) in [6.07, 6.45) is 1.67. The third-order valence-electron chi connectivity index (χ3n) is 3.69. The van der Waals surface area contributed by atoms with E-state index in [1.807, 2.05) is 13.8 Å². The van der Waals surface area contributed by atoms with Gasteiger partial charge in [0.1, 0.15) is 0 Å². The summed E-state index contributed by atoms with van der Waals surface area (Å²) in [4.78, 5) is 11.8. The zero-order chi connectivity index (χ0) is 17.6. The van der Waals surface area contributed by atoms with Gasteiger partial charge in [0, 0.05) is 31.5 Å². The minimum Gasteiger partial charge on any atom is -0.490 e. The Morgan fingerprint density at radius 2 is 1.96 bits per heavy atom. The lowest BCUT2D eigenvalue weighted by atomic mass is 10.2.